The molecule has 2 N–H and O–H groups in total. The summed E-state index contributed by atoms with van der Waals surface area (Å²) in [5.74, 6) is -1.57. The summed E-state index contributed by atoms with van der Waals surface area (Å²) in [4.78, 5) is 35.6. The highest BCUT2D eigenvalue weighted by Crippen LogP contribution is 2.19. The van der Waals surface area contributed by atoms with Crippen LogP contribution >= 0.6 is 0 Å². The zero-order chi connectivity index (χ0) is 15.4. The Labute approximate surface area is 122 Å². The molecule has 1 aliphatic rings. The number of likely N-dealkylation sites (tertiary alicyclic amines) is 1. The van der Waals surface area contributed by atoms with Gasteiger partial charge in [-0.25, -0.2) is 0 Å². The molecule has 21 heavy (non-hydrogen) atoms. The standard InChI is InChI=1S/C15H18N2O4/c1-10(18)16-8-11-2-4-12(5-3-11)14(19)17-7-6-13(9-17)15(20)21/h2-5,13H,6-9H2,1H3,(H,16,18)(H,20,21). The Hall–Kier alpha value is -2.37. The van der Waals surface area contributed by atoms with Crippen molar-refractivity contribution in [1.29, 1.82) is 0 Å². The van der Waals surface area contributed by atoms with E-state index >= 15 is 0 Å². The summed E-state index contributed by atoms with van der Waals surface area (Å²) in [6.07, 6.45) is 0.502. The lowest BCUT2D eigenvalue weighted by Gasteiger charge is -2.16. The van der Waals surface area contributed by atoms with E-state index in [1.807, 2.05) is 0 Å². The van der Waals surface area contributed by atoms with Gasteiger partial charge in [-0.05, 0) is 24.1 Å². The molecule has 0 bridgehead atoms. The number of benzene rings is 1. The van der Waals surface area contributed by atoms with Gasteiger partial charge in [0.2, 0.25) is 5.91 Å². The number of carboxylic acid groups (broad SMARTS) is 1. The molecular formula is C15H18N2O4. The van der Waals surface area contributed by atoms with Gasteiger partial charge in [0, 0.05) is 32.1 Å². The minimum atomic E-state index is -0.851. The number of amides is 2. The van der Waals surface area contributed by atoms with E-state index in [2.05, 4.69) is 5.32 Å². The minimum absolute atomic E-state index is 0.105. The second-order valence-corrected chi connectivity index (χ2v) is 5.18. The van der Waals surface area contributed by atoms with E-state index in [9.17, 15) is 14.4 Å². The fourth-order valence-corrected chi connectivity index (χ4v) is 2.32. The second-order valence-electron chi connectivity index (χ2n) is 5.18. The molecule has 2 amide bonds. The van der Waals surface area contributed by atoms with Crippen molar-refractivity contribution in [3.05, 3.63) is 35.4 Å². The molecule has 0 aliphatic carbocycles. The Bertz CT molecular complexity index is 553. The number of carboxylic acids is 1. The van der Waals surface area contributed by atoms with Crippen LogP contribution in [0.4, 0.5) is 0 Å². The monoisotopic (exact) mass is 290 g/mol. The Balaban J connectivity index is 1.97. The Morgan fingerprint density at radius 2 is 1.95 bits per heavy atom. The van der Waals surface area contributed by atoms with E-state index in [4.69, 9.17) is 5.11 Å². The number of nitrogens with zero attached hydrogens (tertiary/aromatic N) is 1. The molecule has 1 aromatic rings. The van der Waals surface area contributed by atoms with E-state index in [0.717, 1.165) is 5.56 Å². The third kappa shape index (κ3) is 3.81. The predicted molar refractivity (Wildman–Crippen MR) is 75.6 cm³/mol. The van der Waals surface area contributed by atoms with E-state index in [-0.39, 0.29) is 18.4 Å². The topological polar surface area (TPSA) is 86.7 Å². The number of aliphatic carboxylic acids is 1. The maximum atomic E-state index is 12.3. The average Bonchev–Trinajstić information content (AvgIpc) is 2.95. The van der Waals surface area contributed by atoms with Crippen molar-refractivity contribution in [2.45, 2.75) is 19.9 Å². The summed E-state index contributed by atoms with van der Waals surface area (Å²) in [7, 11) is 0. The molecule has 1 heterocycles. The Morgan fingerprint density at radius 3 is 2.48 bits per heavy atom. The molecule has 1 saturated heterocycles. The molecule has 1 fully saturated rings. The fourth-order valence-electron chi connectivity index (χ4n) is 2.32. The highest BCUT2D eigenvalue weighted by molar-refractivity contribution is 5.94. The van der Waals surface area contributed by atoms with Gasteiger partial charge in [0.05, 0.1) is 5.92 Å². The lowest BCUT2D eigenvalue weighted by atomic mass is 10.1. The van der Waals surface area contributed by atoms with Crippen LogP contribution in [0.3, 0.4) is 0 Å². The summed E-state index contributed by atoms with van der Waals surface area (Å²) in [5.41, 5.74) is 1.44. The van der Waals surface area contributed by atoms with Gasteiger partial charge >= 0.3 is 5.97 Å². The Kier molecular flexibility index (Phi) is 4.57. The van der Waals surface area contributed by atoms with Crippen LogP contribution in [0.15, 0.2) is 24.3 Å². The first-order valence-electron chi connectivity index (χ1n) is 6.83. The summed E-state index contributed by atoms with van der Waals surface area (Å²) in [6.45, 7) is 2.62. The highest BCUT2D eigenvalue weighted by Gasteiger charge is 2.31. The fraction of sp³-hybridized carbons (Fsp3) is 0.400. The molecule has 1 aliphatic heterocycles. The van der Waals surface area contributed by atoms with Crippen LogP contribution in [0.5, 0.6) is 0 Å². The molecule has 0 radical (unpaired) electrons. The van der Waals surface area contributed by atoms with Crippen molar-refractivity contribution >= 4 is 17.8 Å². The molecule has 1 aromatic carbocycles. The molecular weight excluding hydrogens is 272 g/mol. The van der Waals surface area contributed by atoms with Gasteiger partial charge in [-0.15, -0.1) is 0 Å². The first kappa shape index (κ1) is 15.0. The maximum Gasteiger partial charge on any atom is 0.308 e. The molecule has 0 spiro atoms. The Morgan fingerprint density at radius 1 is 1.29 bits per heavy atom. The molecule has 112 valence electrons. The highest BCUT2D eigenvalue weighted by atomic mass is 16.4. The van der Waals surface area contributed by atoms with Crippen LogP contribution in [0.2, 0.25) is 0 Å². The number of carbonyl (C=O) groups excluding carboxylic acids is 2. The van der Waals surface area contributed by atoms with Crippen molar-refractivity contribution in [3.63, 3.8) is 0 Å². The minimum Gasteiger partial charge on any atom is -0.481 e. The van der Waals surface area contributed by atoms with E-state index in [1.54, 1.807) is 29.2 Å². The third-order valence-corrected chi connectivity index (χ3v) is 3.57. The van der Waals surface area contributed by atoms with Crippen molar-refractivity contribution in [2.75, 3.05) is 13.1 Å². The van der Waals surface area contributed by atoms with Crippen molar-refractivity contribution < 1.29 is 19.5 Å². The number of hydrogen-bond donors (Lipinski definition) is 2. The van der Waals surface area contributed by atoms with Gasteiger partial charge in [0.15, 0.2) is 0 Å². The summed E-state index contributed by atoms with van der Waals surface area (Å²) in [5, 5.41) is 11.6. The van der Waals surface area contributed by atoms with Crippen molar-refractivity contribution in [2.24, 2.45) is 5.92 Å². The quantitative estimate of drug-likeness (QED) is 0.861. The van der Waals surface area contributed by atoms with Gasteiger partial charge in [-0.3, -0.25) is 14.4 Å². The zero-order valence-electron chi connectivity index (χ0n) is 11.8. The van der Waals surface area contributed by atoms with Crippen molar-refractivity contribution in [3.8, 4) is 0 Å². The summed E-state index contributed by atoms with van der Waals surface area (Å²) < 4.78 is 0. The van der Waals surface area contributed by atoms with Crippen LogP contribution in [0.1, 0.15) is 29.3 Å². The van der Waals surface area contributed by atoms with Crippen LogP contribution in [0, 0.1) is 5.92 Å². The zero-order valence-corrected chi connectivity index (χ0v) is 11.8. The molecule has 1 atom stereocenters. The first-order chi connectivity index (χ1) is 9.97. The largest absolute Gasteiger partial charge is 0.481 e. The SMILES string of the molecule is CC(=O)NCc1ccc(C(=O)N2CCC(C(=O)O)C2)cc1. The van der Waals surface area contributed by atoms with Crippen LogP contribution in [-0.4, -0.2) is 40.9 Å². The van der Waals surface area contributed by atoms with Gasteiger partial charge in [0.1, 0.15) is 0 Å². The van der Waals surface area contributed by atoms with Crippen LogP contribution in [-0.2, 0) is 16.1 Å². The third-order valence-electron chi connectivity index (χ3n) is 3.57. The normalized spacial score (nSPS) is 17.6. The molecule has 1 unspecified atom stereocenters. The lowest BCUT2D eigenvalue weighted by molar-refractivity contribution is -0.141. The smallest absolute Gasteiger partial charge is 0.308 e. The van der Waals surface area contributed by atoms with E-state index in [0.29, 0.717) is 25.1 Å². The number of carbonyl (C=O) groups is 3. The van der Waals surface area contributed by atoms with Gasteiger partial charge < -0.3 is 15.3 Å². The number of nitrogens with one attached hydrogen (secondary N) is 1. The first-order valence-corrected chi connectivity index (χ1v) is 6.83. The van der Waals surface area contributed by atoms with E-state index in [1.165, 1.54) is 6.92 Å². The number of rotatable bonds is 4. The molecule has 2 rings (SSSR count). The van der Waals surface area contributed by atoms with Crippen LogP contribution < -0.4 is 5.32 Å². The maximum absolute atomic E-state index is 12.3. The number of hydrogen-bond acceptors (Lipinski definition) is 3. The molecule has 0 aromatic heterocycles. The van der Waals surface area contributed by atoms with Crippen LogP contribution in [0.25, 0.3) is 0 Å². The summed E-state index contributed by atoms with van der Waals surface area (Å²) >= 11 is 0. The average molecular weight is 290 g/mol. The van der Waals surface area contributed by atoms with Gasteiger partial charge in [0.25, 0.3) is 5.91 Å². The lowest BCUT2D eigenvalue weighted by Crippen LogP contribution is -2.29. The molecule has 6 heteroatoms. The van der Waals surface area contributed by atoms with Gasteiger partial charge in [-0.1, -0.05) is 12.1 Å². The van der Waals surface area contributed by atoms with Gasteiger partial charge in [-0.2, -0.15) is 0 Å². The van der Waals surface area contributed by atoms with Crippen molar-refractivity contribution in [1.82, 2.24) is 10.2 Å². The molecule has 0 saturated carbocycles. The predicted octanol–water partition coefficient (Wildman–Crippen LogP) is 0.869. The summed E-state index contributed by atoms with van der Waals surface area (Å²) in [6, 6.07) is 6.98. The van der Waals surface area contributed by atoms with E-state index < -0.39 is 11.9 Å². The molecule has 6 nitrogen and oxygen atoms in total. The second kappa shape index (κ2) is 6.39.